The predicted molar refractivity (Wildman–Crippen MR) is 73.5 cm³/mol. The summed E-state index contributed by atoms with van der Waals surface area (Å²) in [7, 11) is 0. The average molecular weight is 242 g/mol. The Labute approximate surface area is 107 Å². The van der Waals surface area contributed by atoms with Crippen LogP contribution in [0.15, 0.2) is 36.7 Å². The van der Waals surface area contributed by atoms with Crippen LogP contribution in [0.2, 0.25) is 0 Å². The Bertz CT molecular complexity index is 558. The van der Waals surface area contributed by atoms with Crippen LogP contribution in [-0.4, -0.2) is 16.8 Å². The molecular formula is C15H18N2O. The van der Waals surface area contributed by atoms with Gasteiger partial charge in [-0.2, -0.15) is 0 Å². The number of nitrogens with zero attached hydrogens (tertiary/aromatic N) is 1. The number of carbonyl (C=O) groups is 1. The van der Waals surface area contributed by atoms with E-state index in [0.717, 1.165) is 10.8 Å². The molecule has 0 bridgehead atoms. The van der Waals surface area contributed by atoms with Crippen LogP contribution in [-0.2, 0) is 0 Å². The van der Waals surface area contributed by atoms with E-state index in [4.69, 9.17) is 5.73 Å². The van der Waals surface area contributed by atoms with Gasteiger partial charge in [0.15, 0.2) is 5.78 Å². The maximum absolute atomic E-state index is 12.3. The van der Waals surface area contributed by atoms with Gasteiger partial charge in [0.25, 0.3) is 0 Å². The van der Waals surface area contributed by atoms with E-state index >= 15 is 0 Å². The molecule has 1 atom stereocenters. The second-order valence-electron chi connectivity index (χ2n) is 5.00. The molecule has 3 heteroatoms. The molecule has 2 aromatic rings. The first-order valence-corrected chi connectivity index (χ1v) is 6.22. The number of carbonyl (C=O) groups excluding carboxylic acids is 1. The van der Waals surface area contributed by atoms with Crippen molar-refractivity contribution in [2.45, 2.75) is 26.3 Å². The Hall–Kier alpha value is -1.74. The number of fused-ring (bicyclic) bond motifs is 1. The Balaban J connectivity index is 2.39. The molecule has 2 N–H and O–H groups in total. The number of aromatic nitrogens is 1. The van der Waals surface area contributed by atoms with Gasteiger partial charge in [0, 0.05) is 23.3 Å². The lowest BCUT2D eigenvalue weighted by atomic mass is 9.94. The quantitative estimate of drug-likeness (QED) is 0.839. The van der Waals surface area contributed by atoms with Crippen LogP contribution < -0.4 is 5.73 Å². The highest BCUT2D eigenvalue weighted by Gasteiger charge is 2.18. The van der Waals surface area contributed by atoms with Crippen LogP contribution in [0.5, 0.6) is 0 Å². The van der Waals surface area contributed by atoms with Gasteiger partial charge in [-0.15, -0.1) is 0 Å². The lowest BCUT2D eigenvalue weighted by Gasteiger charge is -2.14. The maximum atomic E-state index is 12.3. The largest absolute Gasteiger partial charge is 0.321 e. The van der Waals surface area contributed by atoms with E-state index in [9.17, 15) is 4.79 Å². The maximum Gasteiger partial charge on any atom is 0.180 e. The second kappa shape index (κ2) is 5.27. The van der Waals surface area contributed by atoms with Crippen molar-refractivity contribution in [3.8, 4) is 0 Å². The van der Waals surface area contributed by atoms with Gasteiger partial charge in [0.2, 0.25) is 0 Å². The van der Waals surface area contributed by atoms with Crippen molar-refractivity contribution in [2.75, 3.05) is 0 Å². The third-order valence-electron chi connectivity index (χ3n) is 3.01. The van der Waals surface area contributed by atoms with Gasteiger partial charge >= 0.3 is 0 Å². The van der Waals surface area contributed by atoms with E-state index in [1.54, 1.807) is 12.4 Å². The first-order valence-electron chi connectivity index (χ1n) is 6.22. The van der Waals surface area contributed by atoms with E-state index < -0.39 is 6.04 Å². The highest BCUT2D eigenvalue weighted by Crippen LogP contribution is 2.19. The summed E-state index contributed by atoms with van der Waals surface area (Å²) < 4.78 is 0. The molecular weight excluding hydrogens is 224 g/mol. The van der Waals surface area contributed by atoms with Gasteiger partial charge in [0.05, 0.1) is 6.04 Å². The summed E-state index contributed by atoms with van der Waals surface area (Å²) >= 11 is 0. The summed E-state index contributed by atoms with van der Waals surface area (Å²) in [6, 6.07) is 7.15. The van der Waals surface area contributed by atoms with E-state index in [2.05, 4.69) is 18.8 Å². The molecule has 0 aliphatic heterocycles. The molecule has 0 fully saturated rings. The fraction of sp³-hybridized carbons (Fsp3) is 0.333. The van der Waals surface area contributed by atoms with Crippen molar-refractivity contribution in [1.82, 2.24) is 4.98 Å². The topological polar surface area (TPSA) is 56.0 Å². The Kier molecular flexibility index (Phi) is 3.72. The van der Waals surface area contributed by atoms with Crippen molar-refractivity contribution >= 4 is 16.6 Å². The van der Waals surface area contributed by atoms with Crippen LogP contribution in [0, 0.1) is 5.92 Å². The molecule has 0 amide bonds. The Morgan fingerprint density at radius 2 is 2.11 bits per heavy atom. The minimum Gasteiger partial charge on any atom is -0.321 e. The first-order chi connectivity index (χ1) is 8.59. The molecule has 1 unspecified atom stereocenters. The van der Waals surface area contributed by atoms with Gasteiger partial charge in [0.1, 0.15) is 0 Å². The number of nitrogens with two attached hydrogens (primary N) is 1. The SMILES string of the molecule is CC(C)CC(N)C(=O)c1cccc2ccncc12. The van der Waals surface area contributed by atoms with Crippen molar-refractivity contribution in [3.63, 3.8) is 0 Å². The van der Waals surface area contributed by atoms with E-state index in [-0.39, 0.29) is 5.78 Å². The highest BCUT2D eigenvalue weighted by atomic mass is 16.1. The normalized spacial score (nSPS) is 12.9. The van der Waals surface area contributed by atoms with E-state index in [0.29, 0.717) is 17.9 Å². The molecule has 1 heterocycles. The zero-order valence-corrected chi connectivity index (χ0v) is 10.8. The molecule has 0 spiro atoms. The van der Waals surface area contributed by atoms with Crippen LogP contribution in [0.3, 0.4) is 0 Å². The highest BCUT2D eigenvalue weighted by molar-refractivity contribution is 6.10. The summed E-state index contributed by atoms with van der Waals surface area (Å²) in [5.41, 5.74) is 6.65. The number of ketones is 1. The molecule has 2 rings (SSSR count). The lowest BCUT2D eigenvalue weighted by molar-refractivity contribution is 0.0952. The van der Waals surface area contributed by atoms with Crippen molar-refractivity contribution in [2.24, 2.45) is 11.7 Å². The van der Waals surface area contributed by atoms with Crippen molar-refractivity contribution in [3.05, 3.63) is 42.2 Å². The molecule has 0 aliphatic rings. The van der Waals surface area contributed by atoms with E-state index in [1.807, 2.05) is 24.3 Å². The van der Waals surface area contributed by atoms with Crippen LogP contribution in [0.1, 0.15) is 30.6 Å². The van der Waals surface area contributed by atoms with Crippen LogP contribution in [0.25, 0.3) is 10.8 Å². The van der Waals surface area contributed by atoms with Crippen molar-refractivity contribution < 1.29 is 4.79 Å². The second-order valence-corrected chi connectivity index (χ2v) is 5.00. The molecule has 0 radical (unpaired) electrons. The third-order valence-corrected chi connectivity index (χ3v) is 3.01. The molecule has 1 aromatic carbocycles. The number of Topliss-reactive ketones (excluding diaryl/α,β-unsaturated/α-hetero) is 1. The molecule has 18 heavy (non-hydrogen) atoms. The molecule has 0 aliphatic carbocycles. The zero-order valence-electron chi connectivity index (χ0n) is 10.8. The molecule has 94 valence electrons. The summed E-state index contributed by atoms with van der Waals surface area (Å²) in [6.07, 6.45) is 4.16. The predicted octanol–water partition coefficient (Wildman–Crippen LogP) is 2.79. The minimum absolute atomic E-state index is 0.00213. The summed E-state index contributed by atoms with van der Waals surface area (Å²) in [5.74, 6) is 0.416. The number of hydrogen-bond donors (Lipinski definition) is 1. The van der Waals surface area contributed by atoms with Crippen LogP contribution >= 0.6 is 0 Å². The zero-order chi connectivity index (χ0) is 13.1. The number of rotatable bonds is 4. The first kappa shape index (κ1) is 12.7. The number of pyridine rings is 1. The minimum atomic E-state index is -0.434. The lowest BCUT2D eigenvalue weighted by Crippen LogP contribution is -2.32. The Morgan fingerprint density at radius 1 is 1.33 bits per heavy atom. The molecule has 0 saturated heterocycles. The standard InChI is InChI=1S/C15H18N2O/c1-10(2)8-14(16)15(18)12-5-3-4-11-6-7-17-9-13(11)12/h3-7,9-10,14H,8,16H2,1-2H3. The van der Waals surface area contributed by atoms with Gasteiger partial charge < -0.3 is 5.73 Å². The van der Waals surface area contributed by atoms with E-state index in [1.165, 1.54) is 0 Å². The molecule has 3 nitrogen and oxygen atoms in total. The monoisotopic (exact) mass is 242 g/mol. The van der Waals surface area contributed by atoms with Crippen LogP contribution in [0.4, 0.5) is 0 Å². The van der Waals surface area contributed by atoms with Gasteiger partial charge in [-0.1, -0.05) is 32.0 Å². The van der Waals surface area contributed by atoms with Crippen molar-refractivity contribution in [1.29, 1.82) is 0 Å². The number of benzene rings is 1. The summed E-state index contributed by atoms with van der Waals surface area (Å²) in [4.78, 5) is 16.4. The third kappa shape index (κ3) is 2.57. The number of hydrogen-bond acceptors (Lipinski definition) is 3. The smallest absolute Gasteiger partial charge is 0.180 e. The molecule has 0 saturated carbocycles. The Morgan fingerprint density at radius 3 is 2.83 bits per heavy atom. The van der Waals surface area contributed by atoms with Gasteiger partial charge in [-0.05, 0) is 23.8 Å². The fourth-order valence-corrected chi connectivity index (χ4v) is 2.14. The van der Waals surface area contributed by atoms with Gasteiger partial charge in [-0.25, -0.2) is 0 Å². The summed E-state index contributed by atoms with van der Waals surface area (Å²) in [5, 5.41) is 1.90. The van der Waals surface area contributed by atoms with Gasteiger partial charge in [-0.3, -0.25) is 9.78 Å². The molecule has 1 aromatic heterocycles. The fourth-order valence-electron chi connectivity index (χ4n) is 2.14. The summed E-state index contributed by atoms with van der Waals surface area (Å²) in [6.45, 7) is 4.13. The average Bonchev–Trinajstić information content (AvgIpc) is 2.36.